The van der Waals surface area contributed by atoms with Crippen LogP contribution in [-0.2, 0) is 4.79 Å². The van der Waals surface area contributed by atoms with Gasteiger partial charge in [-0.3, -0.25) is 4.79 Å². The number of hydrogen-bond acceptors (Lipinski definition) is 2. The first kappa shape index (κ1) is 14.2. The van der Waals surface area contributed by atoms with E-state index in [1.807, 2.05) is 32.9 Å². The molecule has 0 heterocycles. The Balaban J connectivity index is 2.83. The summed E-state index contributed by atoms with van der Waals surface area (Å²) in [5.74, 6) is -1.32. The van der Waals surface area contributed by atoms with Gasteiger partial charge in [0.15, 0.2) is 0 Å². The van der Waals surface area contributed by atoms with Crippen LogP contribution in [0.1, 0.15) is 41.3 Å². The summed E-state index contributed by atoms with van der Waals surface area (Å²) >= 11 is 0. The topological polar surface area (TPSA) is 66.4 Å². The molecule has 1 aromatic carbocycles. The van der Waals surface area contributed by atoms with Gasteiger partial charge in [-0.15, -0.1) is 0 Å². The molecule has 0 aliphatic heterocycles. The summed E-state index contributed by atoms with van der Waals surface area (Å²) in [7, 11) is 0. The Kier molecular flexibility index (Phi) is 4.89. The molecule has 1 aromatic rings. The zero-order valence-corrected chi connectivity index (χ0v) is 11.0. The number of hydrogen-bond donors (Lipinski definition) is 2. The van der Waals surface area contributed by atoms with Crippen LogP contribution in [0.4, 0.5) is 0 Å². The lowest BCUT2D eigenvalue weighted by atomic mass is 10.0. The lowest BCUT2D eigenvalue weighted by Crippen LogP contribution is -2.40. The Labute approximate surface area is 107 Å². The molecule has 0 unspecified atom stereocenters. The van der Waals surface area contributed by atoms with E-state index in [9.17, 15) is 9.59 Å². The van der Waals surface area contributed by atoms with E-state index >= 15 is 0 Å². The van der Waals surface area contributed by atoms with E-state index in [2.05, 4.69) is 5.32 Å². The van der Waals surface area contributed by atoms with Gasteiger partial charge in [-0.05, 0) is 31.9 Å². The summed E-state index contributed by atoms with van der Waals surface area (Å²) in [5, 5.41) is 11.6. The van der Waals surface area contributed by atoms with Gasteiger partial charge in [-0.25, -0.2) is 4.79 Å². The van der Waals surface area contributed by atoms with E-state index < -0.39 is 12.0 Å². The second-order valence-corrected chi connectivity index (χ2v) is 4.47. The van der Waals surface area contributed by atoms with Crippen LogP contribution in [0.15, 0.2) is 18.2 Å². The third-order valence-corrected chi connectivity index (χ3v) is 2.81. The van der Waals surface area contributed by atoms with Gasteiger partial charge in [0, 0.05) is 5.56 Å². The van der Waals surface area contributed by atoms with Gasteiger partial charge in [0.25, 0.3) is 5.91 Å². The second kappa shape index (κ2) is 6.19. The monoisotopic (exact) mass is 249 g/mol. The number of carbonyl (C=O) groups excluding carboxylic acids is 1. The highest BCUT2D eigenvalue weighted by Gasteiger charge is 2.20. The minimum absolute atomic E-state index is 0.326. The van der Waals surface area contributed by atoms with Crippen LogP contribution in [-0.4, -0.2) is 23.0 Å². The lowest BCUT2D eigenvalue weighted by molar-refractivity contribution is -0.139. The van der Waals surface area contributed by atoms with E-state index in [-0.39, 0.29) is 5.91 Å². The van der Waals surface area contributed by atoms with Crippen LogP contribution in [0, 0.1) is 13.8 Å². The van der Waals surface area contributed by atoms with Crippen LogP contribution in [0.2, 0.25) is 0 Å². The van der Waals surface area contributed by atoms with Crippen LogP contribution in [0.5, 0.6) is 0 Å². The van der Waals surface area contributed by atoms with Crippen LogP contribution >= 0.6 is 0 Å². The van der Waals surface area contributed by atoms with Crippen LogP contribution in [0.3, 0.4) is 0 Å². The first-order valence-corrected chi connectivity index (χ1v) is 6.06. The van der Waals surface area contributed by atoms with Gasteiger partial charge in [-0.2, -0.15) is 0 Å². The Morgan fingerprint density at radius 1 is 1.33 bits per heavy atom. The maximum atomic E-state index is 12.0. The number of aliphatic carboxylic acids is 1. The molecule has 0 bridgehead atoms. The summed E-state index contributed by atoms with van der Waals surface area (Å²) < 4.78 is 0. The molecule has 2 N–H and O–H groups in total. The van der Waals surface area contributed by atoms with Crippen molar-refractivity contribution in [2.24, 2.45) is 0 Å². The van der Waals surface area contributed by atoms with Gasteiger partial charge in [0.2, 0.25) is 0 Å². The van der Waals surface area contributed by atoms with E-state index in [4.69, 9.17) is 5.11 Å². The summed E-state index contributed by atoms with van der Waals surface area (Å²) in [6.45, 7) is 5.68. The van der Waals surface area contributed by atoms with E-state index in [0.717, 1.165) is 11.1 Å². The highest BCUT2D eigenvalue weighted by atomic mass is 16.4. The quantitative estimate of drug-likeness (QED) is 0.841. The minimum atomic E-state index is -0.991. The third-order valence-electron chi connectivity index (χ3n) is 2.81. The Morgan fingerprint density at radius 3 is 2.50 bits per heavy atom. The lowest BCUT2D eigenvalue weighted by Gasteiger charge is -2.14. The van der Waals surface area contributed by atoms with Crippen molar-refractivity contribution in [1.82, 2.24) is 5.32 Å². The molecular weight excluding hydrogens is 230 g/mol. The molecule has 1 atom stereocenters. The smallest absolute Gasteiger partial charge is 0.326 e. The molecule has 18 heavy (non-hydrogen) atoms. The third kappa shape index (κ3) is 3.58. The SMILES string of the molecule is CCC[C@@H](NC(=O)c1ccc(C)cc1C)C(=O)O. The molecule has 4 nitrogen and oxygen atoms in total. The van der Waals surface area contributed by atoms with Crippen molar-refractivity contribution in [2.45, 2.75) is 39.7 Å². The normalized spacial score (nSPS) is 11.9. The van der Waals surface area contributed by atoms with Gasteiger partial charge in [0.1, 0.15) is 6.04 Å². The summed E-state index contributed by atoms with van der Waals surface area (Å²) in [6.07, 6.45) is 1.15. The number of carboxylic acid groups (broad SMARTS) is 1. The number of rotatable bonds is 5. The van der Waals surface area contributed by atoms with Crippen molar-refractivity contribution < 1.29 is 14.7 Å². The van der Waals surface area contributed by atoms with Gasteiger partial charge >= 0.3 is 5.97 Å². The molecule has 0 aliphatic rings. The molecule has 0 saturated heterocycles. The first-order valence-electron chi connectivity index (χ1n) is 6.06. The van der Waals surface area contributed by atoms with Gasteiger partial charge < -0.3 is 10.4 Å². The molecule has 1 rings (SSSR count). The first-order chi connectivity index (χ1) is 8.45. The number of carbonyl (C=O) groups is 2. The zero-order chi connectivity index (χ0) is 13.7. The molecule has 0 aliphatic carbocycles. The minimum Gasteiger partial charge on any atom is -0.480 e. The molecule has 0 radical (unpaired) electrons. The molecule has 0 spiro atoms. The van der Waals surface area contributed by atoms with Crippen LogP contribution in [0.25, 0.3) is 0 Å². The Bertz CT molecular complexity index is 454. The van der Waals surface area contributed by atoms with E-state index in [0.29, 0.717) is 18.4 Å². The molecule has 4 heteroatoms. The van der Waals surface area contributed by atoms with Crippen molar-refractivity contribution in [3.05, 3.63) is 34.9 Å². The Hall–Kier alpha value is -1.84. The van der Waals surface area contributed by atoms with Gasteiger partial charge in [-0.1, -0.05) is 31.0 Å². The van der Waals surface area contributed by atoms with Crippen molar-refractivity contribution >= 4 is 11.9 Å². The van der Waals surface area contributed by atoms with E-state index in [1.165, 1.54) is 0 Å². The molecule has 0 aromatic heterocycles. The largest absolute Gasteiger partial charge is 0.480 e. The number of nitrogens with one attached hydrogen (secondary N) is 1. The highest BCUT2D eigenvalue weighted by molar-refractivity contribution is 5.97. The second-order valence-electron chi connectivity index (χ2n) is 4.47. The number of carboxylic acids is 1. The predicted molar refractivity (Wildman–Crippen MR) is 69.7 cm³/mol. The molecule has 1 amide bonds. The molecule has 0 saturated carbocycles. The summed E-state index contributed by atoms with van der Waals surface area (Å²) in [6, 6.07) is 4.66. The average Bonchev–Trinajstić information content (AvgIpc) is 2.27. The fraction of sp³-hybridized carbons (Fsp3) is 0.429. The van der Waals surface area contributed by atoms with Crippen molar-refractivity contribution in [3.63, 3.8) is 0 Å². The fourth-order valence-electron chi connectivity index (χ4n) is 1.85. The predicted octanol–water partition coefficient (Wildman–Crippen LogP) is 2.29. The molecule has 0 fully saturated rings. The standard InChI is InChI=1S/C14H19NO3/c1-4-5-12(14(17)18)15-13(16)11-7-6-9(2)8-10(11)3/h6-8,12H,4-5H2,1-3H3,(H,15,16)(H,17,18)/t12-/m1/s1. The van der Waals surface area contributed by atoms with Crippen molar-refractivity contribution in [3.8, 4) is 0 Å². The molecular formula is C14H19NO3. The average molecular weight is 249 g/mol. The summed E-state index contributed by atoms with van der Waals surface area (Å²) in [5.41, 5.74) is 2.46. The highest BCUT2D eigenvalue weighted by Crippen LogP contribution is 2.11. The number of benzene rings is 1. The van der Waals surface area contributed by atoms with Gasteiger partial charge in [0.05, 0.1) is 0 Å². The van der Waals surface area contributed by atoms with Crippen molar-refractivity contribution in [2.75, 3.05) is 0 Å². The maximum absolute atomic E-state index is 12.0. The van der Waals surface area contributed by atoms with E-state index in [1.54, 1.807) is 6.07 Å². The maximum Gasteiger partial charge on any atom is 0.326 e. The number of amides is 1. The number of aryl methyl sites for hydroxylation is 2. The zero-order valence-electron chi connectivity index (χ0n) is 11.0. The van der Waals surface area contributed by atoms with Crippen molar-refractivity contribution in [1.29, 1.82) is 0 Å². The Morgan fingerprint density at radius 2 is 2.00 bits per heavy atom. The summed E-state index contributed by atoms with van der Waals surface area (Å²) in [4.78, 5) is 23.0. The fourth-order valence-corrected chi connectivity index (χ4v) is 1.85. The van der Waals surface area contributed by atoms with Crippen LogP contribution < -0.4 is 5.32 Å². The molecule has 98 valence electrons.